The van der Waals surface area contributed by atoms with Gasteiger partial charge >= 0.3 is 0 Å². The number of benzene rings is 2. The Hall–Kier alpha value is -3.24. The summed E-state index contributed by atoms with van der Waals surface area (Å²) in [5, 5.41) is 2.71. The van der Waals surface area contributed by atoms with Gasteiger partial charge in [-0.25, -0.2) is 17.8 Å². The van der Waals surface area contributed by atoms with Gasteiger partial charge < -0.3 is 14.5 Å². The third-order valence-electron chi connectivity index (χ3n) is 5.11. The van der Waals surface area contributed by atoms with Crippen molar-refractivity contribution >= 4 is 21.6 Å². The third kappa shape index (κ3) is 5.81. The molecule has 0 bridgehead atoms. The van der Waals surface area contributed by atoms with Crippen LogP contribution < -0.4 is 10.1 Å². The minimum atomic E-state index is -3.79. The quantitative estimate of drug-likeness (QED) is 0.426. The SMILES string of the molecule is CCOc1ccc(NC(=O)CCc2ncc(-c3ccccc3F)o2)cc1S(=O)(=O)N(CC)CC. The normalized spacial score (nSPS) is 11.6. The maximum absolute atomic E-state index is 13.9. The van der Waals surface area contributed by atoms with E-state index in [9.17, 15) is 17.6 Å². The Kier molecular flexibility index (Phi) is 8.41. The van der Waals surface area contributed by atoms with Crippen molar-refractivity contribution in [2.45, 2.75) is 38.5 Å². The minimum absolute atomic E-state index is 0.00178. The van der Waals surface area contributed by atoms with Crippen molar-refractivity contribution in [3.8, 4) is 17.1 Å². The van der Waals surface area contributed by atoms with Crippen molar-refractivity contribution < 1.29 is 26.8 Å². The summed E-state index contributed by atoms with van der Waals surface area (Å²) in [7, 11) is -3.79. The van der Waals surface area contributed by atoms with E-state index in [1.165, 1.54) is 28.7 Å². The van der Waals surface area contributed by atoms with E-state index in [1.807, 2.05) is 0 Å². The number of halogens is 1. The van der Waals surface area contributed by atoms with Crippen LogP contribution in [0.4, 0.5) is 10.1 Å². The summed E-state index contributed by atoms with van der Waals surface area (Å²) in [5.74, 6) is 0.0407. The van der Waals surface area contributed by atoms with Gasteiger partial charge in [0.15, 0.2) is 11.7 Å². The number of ether oxygens (including phenoxy) is 1. The molecular weight excluding hydrogens is 461 g/mol. The van der Waals surface area contributed by atoms with Crippen molar-refractivity contribution in [3.05, 3.63) is 60.4 Å². The maximum atomic E-state index is 13.9. The van der Waals surface area contributed by atoms with Crippen LogP contribution in [-0.2, 0) is 21.2 Å². The first-order valence-corrected chi connectivity index (χ1v) is 12.5. The van der Waals surface area contributed by atoms with Crippen LogP contribution in [0.5, 0.6) is 5.75 Å². The molecule has 1 aromatic heterocycles. The summed E-state index contributed by atoms with van der Waals surface area (Å²) < 4.78 is 52.5. The number of nitrogens with one attached hydrogen (secondary N) is 1. The summed E-state index contributed by atoms with van der Waals surface area (Å²) in [6, 6.07) is 10.7. The lowest BCUT2D eigenvalue weighted by Crippen LogP contribution is -2.31. The Morgan fingerprint density at radius 3 is 2.56 bits per heavy atom. The van der Waals surface area contributed by atoms with Gasteiger partial charge in [-0.1, -0.05) is 26.0 Å². The van der Waals surface area contributed by atoms with Crippen molar-refractivity contribution in [1.82, 2.24) is 9.29 Å². The smallest absolute Gasteiger partial charge is 0.246 e. The first-order chi connectivity index (χ1) is 16.3. The second-order valence-corrected chi connectivity index (χ2v) is 9.24. The molecule has 3 aromatic rings. The lowest BCUT2D eigenvalue weighted by Gasteiger charge is -2.21. The molecule has 0 saturated carbocycles. The lowest BCUT2D eigenvalue weighted by molar-refractivity contribution is -0.116. The number of carbonyl (C=O) groups excluding carboxylic acids is 1. The zero-order valence-corrected chi connectivity index (χ0v) is 20.2. The van der Waals surface area contributed by atoms with E-state index in [2.05, 4.69) is 10.3 Å². The number of hydrogen-bond acceptors (Lipinski definition) is 6. The number of nitrogens with zero attached hydrogens (tertiary/aromatic N) is 2. The maximum Gasteiger partial charge on any atom is 0.246 e. The summed E-state index contributed by atoms with van der Waals surface area (Å²) in [5.41, 5.74) is 0.626. The van der Waals surface area contributed by atoms with Gasteiger partial charge in [0, 0.05) is 31.6 Å². The predicted molar refractivity (Wildman–Crippen MR) is 127 cm³/mol. The molecule has 8 nitrogen and oxygen atoms in total. The molecule has 10 heteroatoms. The average Bonchev–Trinajstić information content (AvgIpc) is 3.28. The largest absolute Gasteiger partial charge is 0.492 e. The first kappa shape index (κ1) is 25.4. The molecule has 0 unspecified atom stereocenters. The van der Waals surface area contributed by atoms with Crippen LogP contribution in [0.3, 0.4) is 0 Å². The molecule has 1 N–H and O–H groups in total. The molecule has 1 heterocycles. The van der Waals surface area contributed by atoms with Crippen LogP contribution in [0, 0.1) is 5.82 Å². The van der Waals surface area contributed by atoms with E-state index < -0.39 is 15.8 Å². The van der Waals surface area contributed by atoms with Crippen molar-refractivity contribution in [2.24, 2.45) is 0 Å². The highest BCUT2D eigenvalue weighted by Crippen LogP contribution is 2.30. The number of hydrogen-bond donors (Lipinski definition) is 1. The molecule has 0 aliphatic rings. The molecule has 2 aromatic carbocycles. The van der Waals surface area contributed by atoms with E-state index in [1.54, 1.807) is 45.0 Å². The second-order valence-electron chi connectivity index (χ2n) is 7.33. The number of sulfonamides is 1. The summed E-state index contributed by atoms with van der Waals surface area (Å²) in [6.45, 7) is 6.21. The molecule has 0 saturated heterocycles. The van der Waals surface area contributed by atoms with Gasteiger partial charge in [-0.15, -0.1) is 0 Å². The Balaban J connectivity index is 1.71. The Morgan fingerprint density at radius 1 is 1.15 bits per heavy atom. The van der Waals surface area contributed by atoms with Crippen LogP contribution in [0.1, 0.15) is 33.1 Å². The molecule has 0 aliphatic carbocycles. The number of oxazole rings is 1. The molecule has 1 amide bonds. The van der Waals surface area contributed by atoms with Crippen LogP contribution in [0.15, 0.2) is 58.0 Å². The fraction of sp³-hybridized carbons (Fsp3) is 0.333. The van der Waals surface area contributed by atoms with Gasteiger partial charge in [0.2, 0.25) is 15.9 Å². The molecule has 3 rings (SSSR count). The van der Waals surface area contributed by atoms with Gasteiger partial charge in [0.1, 0.15) is 16.5 Å². The highest BCUT2D eigenvalue weighted by molar-refractivity contribution is 7.89. The van der Waals surface area contributed by atoms with Crippen LogP contribution in [0.2, 0.25) is 0 Å². The molecular formula is C24H28FN3O5S. The van der Waals surface area contributed by atoms with Gasteiger partial charge in [0.25, 0.3) is 0 Å². The highest BCUT2D eigenvalue weighted by atomic mass is 32.2. The lowest BCUT2D eigenvalue weighted by atomic mass is 10.2. The molecule has 34 heavy (non-hydrogen) atoms. The van der Waals surface area contributed by atoms with E-state index in [-0.39, 0.29) is 35.2 Å². The topological polar surface area (TPSA) is 102 Å². The summed E-state index contributed by atoms with van der Waals surface area (Å²) in [4.78, 5) is 16.6. The van der Waals surface area contributed by atoms with E-state index in [0.29, 0.717) is 36.8 Å². The Morgan fingerprint density at radius 2 is 1.88 bits per heavy atom. The number of anilines is 1. The minimum Gasteiger partial charge on any atom is -0.492 e. The van der Waals surface area contributed by atoms with Crippen LogP contribution in [-0.4, -0.2) is 43.3 Å². The van der Waals surface area contributed by atoms with Gasteiger partial charge in [-0.05, 0) is 37.3 Å². The number of rotatable bonds is 11. The van der Waals surface area contributed by atoms with Crippen molar-refractivity contribution in [3.63, 3.8) is 0 Å². The molecule has 0 radical (unpaired) electrons. The standard InChI is InChI=1S/C24H28FN3O5S/c1-4-28(5-2)34(30,31)22-15-17(11-12-20(22)32-6-3)27-23(29)13-14-24-26-16-21(33-24)18-9-7-8-10-19(18)25/h7-12,15-16H,4-6,13-14H2,1-3H3,(H,27,29). The first-order valence-electron chi connectivity index (χ1n) is 11.1. The number of carbonyl (C=O) groups is 1. The second kappa shape index (κ2) is 11.3. The van der Waals surface area contributed by atoms with E-state index in [0.717, 1.165) is 0 Å². The third-order valence-corrected chi connectivity index (χ3v) is 7.18. The summed E-state index contributed by atoms with van der Waals surface area (Å²) in [6.07, 6.45) is 1.66. The Labute approximate surface area is 198 Å². The Bertz CT molecular complexity index is 1240. The highest BCUT2D eigenvalue weighted by Gasteiger charge is 2.26. The van der Waals surface area contributed by atoms with Crippen LogP contribution >= 0.6 is 0 Å². The molecule has 0 spiro atoms. The molecule has 0 fully saturated rings. The zero-order chi connectivity index (χ0) is 24.7. The number of amides is 1. The number of aromatic nitrogens is 1. The monoisotopic (exact) mass is 489 g/mol. The zero-order valence-electron chi connectivity index (χ0n) is 19.4. The summed E-state index contributed by atoms with van der Waals surface area (Å²) >= 11 is 0. The fourth-order valence-electron chi connectivity index (χ4n) is 3.42. The number of aryl methyl sites for hydroxylation is 1. The van der Waals surface area contributed by atoms with Crippen LogP contribution in [0.25, 0.3) is 11.3 Å². The van der Waals surface area contributed by atoms with Gasteiger partial charge in [-0.3, -0.25) is 4.79 Å². The predicted octanol–water partition coefficient (Wildman–Crippen LogP) is 4.48. The van der Waals surface area contributed by atoms with E-state index in [4.69, 9.17) is 9.15 Å². The van der Waals surface area contributed by atoms with Gasteiger partial charge in [0.05, 0.1) is 18.4 Å². The molecule has 0 aliphatic heterocycles. The van der Waals surface area contributed by atoms with Crippen molar-refractivity contribution in [2.75, 3.05) is 25.0 Å². The molecule has 182 valence electrons. The van der Waals surface area contributed by atoms with Crippen molar-refractivity contribution in [1.29, 1.82) is 0 Å². The fourth-order valence-corrected chi connectivity index (χ4v) is 5.04. The van der Waals surface area contributed by atoms with E-state index >= 15 is 0 Å². The van der Waals surface area contributed by atoms with Gasteiger partial charge in [-0.2, -0.15) is 4.31 Å². The average molecular weight is 490 g/mol. The molecule has 0 atom stereocenters.